The SMILES string of the molecule is CCn1c(COC(=O)c2nc(Cl)c(N)nc2N)[n+](CC)c2ccc(Br)cc21.[I-]. The average molecular weight is 582 g/mol. The number of rotatable bonds is 5. The minimum atomic E-state index is -0.710. The van der Waals surface area contributed by atoms with Gasteiger partial charge in [0.15, 0.2) is 40.1 Å². The quantitative estimate of drug-likeness (QED) is 0.243. The number of aromatic nitrogens is 4. The number of hydrogen-bond donors (Lipinski definition) is 2. The van der Waals surface area contributed by atoms with Gasteiger partial charge in [-0.3, -0.25) is 0 Å². The first-order valence-electron chi connectivity index (χ1n) is 8.33. The van der Waals surface area contributed by atoms with Gasteiger partial charge in [0.2, 0.25) is 0 Å². The van der Waals surface area contributed by atoms with E-state index in [1.807, 2.05) is 32.0 Å². The number of halogens is 3. The Morgan fingerprint density at radius 3 is 2.64 bits per heavy atom. The van der Waals surface area contributed by atoms with E-state index in [9.17, 15) is 4.79 Å². The number of nitrogens with two attached hydrogens (primary N) is 2. The number of imidazole rings is 1. The summed E-state index contributed by atoms with van der Waals surface area (Å²) in [6, 6.07) is 6.06. The zero-order valence-electron chi connectivity index (χ0n) is 15.2. The first kappa shape index (κ1) is 22.6. The fraction of sp³-hybridized carbons (Fsp3) is 0.294. The fourth-order valence-corrected chi connectivity index (χ4v) is 3.49. The van der Waals surface area contributed by atoms with Gasteiger partial charge in [-0.2, -0.15) is 0 Å². The monoisotopic (exact) mass is 580 g/mol. The Bertz CT molecular complexity index is 1040. The van der Waals surface area contributed by atoms with Gasteiger partial charge in [0.1, 0.15) is 0 Å². The summed E-state index contributed by atoms with van der Waals surface area (Å²) in [6.45, 7) is 5.58. The maximum absolute atomic E-state index is 12.4. The number of carbonyl (C=O) groups is 1. The highest BCUT2D eigenvalue weighted by atomic mass is 127. The lowest BCUT2D eigenvalue weighted by atomic mass is 10.3. The molecule has 0 atom stereocenters. The molecule has 2 heterocycles. The van der Waals surface area contributed by atoms with E-state index in [0.29, 0.717) is 0 Å². The summed E-state index contributed by atoms with van der Waals surface area (Å²) in [4.78, 5) is 20.1. The lowest BCUT2D eigenvalue weighted by Gasteiger charge is -2.07. The molecule has 11 heteroatoms. The molecule has 3 aromatic rings. The van der Waals surface area contributed by atoms with Crippen LogP contribution in [0.3, 0.4) is 0 Å². The molecule has 0 amide bonds. The molecule has 2 aromatic heterocycles. The second-order valence-electron chi connectivity index (χ2n) is 5.75. The van der Waals surface area contributed by atoms with Gasteiger partial charge in [-0.05, 0) is 26.0 Å². The zero-order valence-corrected chi connectivity index (χ0v) is 19.7. The minimum absolute atomic E-state index is 0. The Kier molecular flexibility index (Phi) is 7.46. The number of fused-ring (bicyclic) bond motifs is 1. The van der Waals surface area contributed by atoms with Crippen molar-refractivity contribution in [1.29, 1.82) is 0 Å². The Labute approximate surface area is 192 Å². The van der Waals surface area contributed by atoms with E-state index in [1.54, 1.807) is 0 Å². The highest BCUT2D eigenvalue weighted by molar-refractivity contribution is 9.10. The number of carbonyl (C=O) groups excluding carboxylic acids is 1. The molecule has 28 heavy (non-hydrogen) atoms. The predicted octanol–water partition coefficient (Wildman–Crippen LogP) is -0.300. The Balaban J connectivity index is 0.00000280. The lowest BCUT2D eigenvalue weighted by molar-refractivity contribution is -0.678. The van der Waals surface area contributed by atoms with Crippen LogP contribution in [0.1, 0.15) is 30.2 Å². The van der Waals surface area contributed by atoms with Crippen LogP contribution in [0.4, 0.5) is 11.6 Å². The summed E-state index contributed by atoms with van der Waals surface area (Å²) in [5.74, 6) is -0.00960. The molecule has 0 saturated carbocycles. The van der Waals surface area contributed by atoms with Crippen LogP contribution in [0.25, 0.3) is 11.0 Å². The number of benzene rings is 1. The van der Waals surface area contributed by atoms with Gasteiger partial charge in [-0.25, -0.2) is 23.9 Å². The van der Waals surface area contributed by atoms with Crippen LogP contribution >= 0.6 is 27.5 Å². The Hall–Kier alpha value is -1.66. The van der Waals surface area contributed by atoms with Gasteiger partial charge in [0, 0.05) is 10.5 Å². The summed E-state index contributed by atoms with van der Waals surface area (Å²) in [5.41, 5.74) is 13.2. The van der Waals surface area contributed by atoms with E-state index in [4.69, 9.17) is 27.8 Å². The van der Waals surface area contributed by atoms with Crippen LogP contribution in [0.2, 0.25) is 5.15 Å². The molecule has 3 rings (SSSR count). The van der Waals surface area contributed by atoms with Crippen LogP contribution in [-0.2, 0) is 24.4 Å². The molecule has 0 radical (unpaired) electrons. The molecule has 0 aliphatic heterocycles. The summed E-state index contributed by atoms with van der Waals surface area (Å²) < 4.78 is 10.6. The number of anilines is 2. The van der Waals surface area contributed by atoms with Crippen molar-refractivity contribution in [2.24, 2.45) is 0 Å². The third-order valence-corrected chi connectivity index (χ3v) is 4.98. The van der Waals surface area contributed by atoms with Crippen LogP contribution in [0, 0.1) is 0 Å². The number of nitrogen functional groups attached to an aromatic ring is 2. The van der Waals surface area contributed by atoms with Crippen molar-refractivity contribution in [2.45, 2.75) is 33.5 Å². The lowest BCUT2D eigenvalue weighted by Crippen LogP contribution is -3.00. The highest BCUT2D eigenvalue weighted by Crippen LogP contribution is 2.22. The van der Waals surface area contributed by atoms with Crippen LogP contribution < -0.4 is 40.0 Å². The summed E-state index contributed by atoms with van der Waals surface area (Å²) in [6.07, 6.45) is 0. The number of aryl methyl sites for hydroxylation is 2. The van der Waals surface area contributed by atoms with Crippen molar-refractivity contribution < 1.29 is 38.1 Å². The van der Waals surface area contributed by atoms with E-state index in [2.05, 4.69) is 35.0 Å². The molecule has 0 fully saturated rings. The van der Waals surface area contributed by atoms with Crippen molar-refractivity contribution in [3.05, 3.63) is 39.3 Å². The molecule has 0 saturated heterocycles. The van der Waals surface area contributed by atoms with Gasteiger partial charge in [-0.1, -0.05) is 27.5 Å². The first-order valence-corrected chi connectivity index (χ1v) is 9.50. The third kappa shape index (κ3) is 4.18. The van der Waals surface area contributed by atoms with E-state index in [1.165, 1.54) is 0 Å². The number of esters is 1. The third-order valence-electron chi connectivity index (χ3n) is 4.21. The van der Waals surface area contributed by atoms with E-state index in [-0.39, 0.29) is 53.1 Å². The molecule has 0 bridgehead atoms. The van der Waals surface area contributed by atoms with Crippen molar-refractivity contribution in [1.82, 2.24) is 14.5 Å². The van der Waals surface area contributed by atoms with E-state index >= 15 is 0 Å². The Morgan fingerprint density at radius 1 is 1.29 bits per heavy atom. The molecule has 0 spiro atoms. The van der Waals surface area contributed by atoms with E-state index < -0.39 is 5.97 Å². The zero-order chi connectivity index (χ0) is 19.7. The fourth-order valence-electron chi connectivity index (χ4n) is 3.02. The normalized spacial score (nSPS) is 10.7. The van der Waals surface area contributed by atoms with Gasteiger partial charge < -0.3 is 40.2 Å². The predicted molar refractivity (Wildman–Crippen MR) is 106 cm³/mol. The number of nitrogens with zero attached hydrogens (tertiary/aromatic N) is 4. The molecular formula is C17H19BrClIN6O2. The van der Waals surface area contributed by atoms with Gasteiger partial charge in [0.25, 0.3) is 5.82 Å². The van der Waals surface area contributed by atoms with Gasteiger partial charge in [0.05, 0.1) is 13.1 Å². The second kappa shape index (κ2) is 9.23. The topological polar surface area (TPSA) is 113 Å². The first-order chi connectivity index (χ1) is 12.9. The van der Waals surface area contributed by atoms with Crippen molar-refractivity contribution in [3.8, 4) is 0 Å². The van der Waals surface area contributed by atoms with Crippen molar-refractivity contribution >= 4 is 56.2 Å². The summed E-state index contributed by atoms with van der Waals surface area (Å²) in [5, 5.41) is -0.0905. The van der Waals surface area contributed by atoms with Crippen LogP contribution in [0.5, 0.6) is 0 Å². The molecule has 1 aromatic carbocycles. The Morgan fingerprint density at radius 2 is 2.00 bits per heavy atom. The van der Waals surface area contributed by atoms with Gasteiger partial charge in [-0.15, -0.1) is 0 Å². The minimum Gasteiger partial charge on any atom is -1.00 e. The molecular weight excluding hydrogens is 562 g/mol. The smallest absolute Gasteiger partial charge is 0.361 e. The highest BCUT2D eigenvalue weighted by Gasteiger charge is 2.26. The molecule has 0 aliphatic carbocycles. The average Bonchev–Trinajstić information content (AvgIpc) is 2.94. The number of ether oxygens (including phenoxy) is 1. The van der Waals surface area contributed by atoms with Crippen molar-refractivity contribution in [2.75, 3.05) is 11.5 Å². The number of hydrogen-bond acceptors (Lipinski definition) is 6. The molecule has 150 valence electrons. The molecule has 4 N–H and O–H groups in total. The molecule has 0 unspecified atom stereocenters. The maximum Gasteiger partial charge on any atom is 0.361 e. The molecule has 0 aliphatic rings. The molecule has 8 nitrogen and oxygen atoms in total. The van der Waals surface area contributed by atoms with Crippen LogP contribution in [-0.4, -0.2) is 20.5 Å². The summed E-state index contributed by atoms with van der Waals surface area (Å²) >= 11 is 9.34. The largest absolute Gasteiger partial charge is 1.00 e. The van der Waals surface area contributed by atoms with Crippen LogP contribution in [0.15, 0.2) is 22.7 Å². The van der Waals surface area contributed by atoms with Gasteiger partial charge >= 0.3 is 5.97 Å². The van der Waals surface area contributed by atoms with Crippen molar-refractivity contribution in [3.63, 3.8) is 0 Å². The standard InChI is InChI=1S/C17H18BrClN6O2.HI/c1-3-24-10-6-5-9(18)7-11(10)25(4-2)12(24)8-27-17(26)13-15(20)23-16(21)14(19)22-13;/h5-7H,3-4,8H2,1-2H3,(H3-,20,21,23,26);1H. The summed E-state index contributed by atoms with van der Waals surface area (Å²) in [7, 11) is 0. The second-order valence-corrected chi connectivity index (χ2v) is 7.02. The maximum atomic E-state index is 12.4. The van der Waals surface area contributed by atoms with E-state index in [0.717, 1.165) is 34.4 Å².